The van der Waals surface area contributed by atoms with Crippen molar-refractivity contribution in [2.24, 2.45) is 10.2 Å². The number of sulfonamides is 1. The maximum absolute atomic E-state index is 13.0. The second-order valence-electron chi connectivity index (χ2n) is 5.11. The van der Waals surface area contributed by atoms with Gasteiger partial charge in [0.1, 0.15) is 11.5 Å². The predicted molar refractivity (Wildman–Crippen MR) is 94.3 cm³/mol. The molecule has 0 aliphatic carbocycles. The summed E-state index contributed by atoms with van der Waals surface area (Å²) in [7, 11) is -3.85. The summed E-state index contributed by atoms with van der Waals surface area (Å²) in [6.45, 7) is 0. The molecule has 0 saturated carbocycles. The summed E-state index contributed by atoms with van der Waals surface area (Å²) in [6, 6.07) is 20.3. The van der Waals surface area contributed by atoms with Crippen molar-refractivity contribution >= 4 is 27.1 Å². The molecule has 0 fully saturated rings. The summed E-state index contributed by atoms with van der Waals surface area (Å²) in [4.78, 5) is -0.0382. The molecule has 3 rings (SSSR count). The number of hydrogen-bond donors (Lipinski definition) is 1. The number of halogens is 1. The Hall–Kier alpha value is -3.06. The Morgan fingerprint density at radius 2 is 1.40 bits per heavy atom. The summed E-state index contributed by atoms with van der Waals surface area (Å²) < 4.78 is 40.3. The first-order valence-corrected chi connectivity index (χ1v) is 8.87. The van der Waals surface area contributed by atoms with Gasteiger partial charge < -0.3 is 0 Å². The lowest BCUT2D eigenvalue weighted by Crippen LogP contribution is -2.13. The van der Waals surface area contributed by atoms with Crippen molar-refractivity contribution in [3.63, 3.8) is 0 Å². The van der Waals surface area contributed by atoms with Crippen LogP contribution in [0.3, 0.4) is 0 Å². The molecular formula is C18H14FN3O2S. The maximum Gasteiger partial charge on any atom is 0.261 e. The topological polar surface area (TPSA) is 70.9 Å². The molecule has 0 atom stereocenters. The Labute approximate surface area is 144 Å². The van der Waals surface area contributed by atoms with Gasteiger partial charge in [-0.25, -0.2) is 12.8 Å². The summed E-state index contributed by atoms with van der Waals surface area (Å²) in [5, 5.41) is 8.20. The lowest BCUT2D eigenvalue weighted by molar-refractivity contribution is 0.599. The fourth-order valence-electron chi connectivity index (χ4n) is 2.07. The van der Waals surface area contributed by atoms with Crippen molar-refractivity contribution in [2.75, 3.05) is 4.72 Å². The Kier molecular flexibility index (Phi) is 4.85. The van der Waals surface area contributed by atoms with Crippen LogP contribution >= 0.6 is 0 Å². The highest BCUT2D eigenvalue weighted by Crippen LogP contribution is 2.28. The molecule has 0 bridgehead atoms. The molecule has 3 aromatic carbocycles. The Morgan fingerprint density at radius 3 is 2.12 bits per heavy atom. The van der Waals surface area contributed by atoms with Gasteiger partial charge in [0.15, 0.2) is 0 Å². The van der Waals surface area contributed by atoms with Crippen LogP contribution < -0.4 is 4.72 Å². The van der Waals surface area contributed by atoms with E-state index in [0.717, 1.165) is 12.1 Å². The van der Waals surface area contributed by atoms with Crippen LogP contribution in [0.25, 0.3) is 0 Å². The minimum Gasteiger partial charge on any atom is -0.277 e. The number of azo groups is 1. The fraction of sp³-hybridized carbons (Fsp3) is 0. The highest BCUT2D eigenvalue weighted by Gasteiger charge is 2.16. The van der Waals surface area contributed by atoms with Gasteiger partial charge in [0.05, 0.1) is 16.3 Å². The number of anilines is 1. The van der Waals surface area contributed by atoms with Gasteiger partial charge in [-0.15, -0.1) is 5.11 Å². The van der Waals surface area contributed by atoms with Crippen LogP contribution in [0.15, 0.2) is 94.0 Å². The highest BCUT2D eigenvalue weighted by atomic mass is 32.2. The van der Waals surface area contributed by atoms with Crippen molar-refractivity contribution in [3.05, 3.63) is 84.7 Å². The fourth-order valence-corrected chi connectivity index (χ4v) is 3.15. The molecule has 0 aliphatic rings. The molecule has 0 spiro atoms. The van der Waals surface area contributed by atoms with Gasteiger partial charge in [-0.2, -0.15) is 5.11 Å². The van der Waals surface area contributed by atoms with E-state index in [1.807, 2.05) is 18.2 Å². The second kappa shape index (κ2) is 7.23. The van der Waals surface area contributed by atoms with Crippen LogP contribution in [-0.4, -0.2) is 8.42 Å². The molecule has 5 nitrogen and oxygen atoms in total. The van der Waals surface area contributed by atoms with Crippen molar-refractivity contribution < 1.29 is 12.8 Å². The van der Waals surface area contributed by atoms with Gasteiger partial charge in [-0.3, -0.25) is 4.72 Å². The molecule has 0 unspecified atom stereocenters. The third-order valence-corrected chi connectivity index (χ3v) is 4.68. The Bertz CT molecular complexity index is 988. The SMILES string of the molecule is O=S(=O)(Nc1ccccc1N=Nc1ccccc1)c1ccc(F)cc1. The van der Waals surface area contributed by atoms with Crippen LogP contribution in [0.2, 0.25) is 0 Å². The number of nitrogens with zero attached hydrogens (tertiary/aromatic N) is 2. The van der Waals surface area contributed by atoms with E-state index in [1.54, 1.807) is 36.4 Å². The standard InChI is InChI=1S/C18H14FN3O2S/c19-14-10-12-16(13-11-14)25(23,24)22-18-9-5-4-8-17(18)21-20-15-6-2-1-3-7-15/h1-13,22H. The van der Waals surface area contributed by atoms with Gasteiger partial charge in [-0.1, -0.05) is 30.3 Å². The van der Waals surface area contributed by atoms with E-state index < -0.39 is 15.8 Å². The first-order valence-electron chi connectivity index (χ1n) is 7.39. The predicted octanol–water partition coefficient (Wildman–Crippen LogP) is 5.04. The molecule has 25 heavy (non-hydrogen) atoms. The van der Waals surface area contributed by atoms with Gasteiger partial charge in [0.2, 0.25) is 0 Å². The van der Waals surface area contributed by atoms with Crippen molar-refractivity contribution in [3.8, 4) is 0 Å². The van der Waals surface area contributed by atoms with Crippen LogP contribution in [0.5, 0.6) is 0 Å². The zero-order valence-electron chi connectivity index (χ0n) is 13.0. The Morgan fingerprint density at radius 1 is 0.760 bits per heavy atom. The summed E-state index contributed by atoms with van der Waals surface area (Å²) in [6.07, 6.45) is 0. The minimum absolute atomic E-state index is 0.0382. The van der Waals surface area contributed by atoms with Gasteiger partial charge >= 0.3 is 0 Å². The lowest BCUT2D eigenvalue weighted by Gasteiger charge is -2.09. The molecule has 0 amide bonds. The molecule has 0 saturated heterocycles. The number of nitrogens with one attached hydrogen (secondary N) is 1. The molecule has 0 heterocycles. The quantitative estimate of drug-likeness (QED) is 0.651. The number of hydrogen-bond acceptors (Lipinski definition) is 4. The van der Waals surface area contributed by atoms with Crippen molar-refractivity contribution in [1.82, 2.24) is 0 Å². The highest BCUT2D eigenvalue weighted by molar-refractivity contribution is 7.92. The summed E-state index contributed by atoms with van der Waals surface area (Å²) in [5.74, 6) is -0.504. The largest absolute Gasteiger partial charge is 0.277 e. The summed E-state index contributed by atoms with van der Waals surface area (Å²) in [5.41, 5.74) is 1.31. The molecule has 0 radical (unpaired) electrons. The van der Waals surface area contributed by atoms with Crippen LogP contribution in [-0.2, 0) is 10.0 Å². The number of benzene rings is 3. The van der Waals surface area contributed by atoms with Crippen LogP contribution in [0.1, 0.15) is 0 Å². The number of para-hydroxylation sites is 1. The average Bonchev–Trinajstić information content (AvgIpc) is 2.62. The van der Waals surface area contributed by atoms with Gasteiger partial charge in [0.25, 0.3) is 10.0 Å². The second-order valence-corrected chi connectivity index (χ2v) is 6.79. The van der Waals surface area contributed by atoms with Gasteiger partial charge in [0, 0.05) is 0 Å². The monoisotopic (exact) mass is 355 g/mol. The van der Waals surface area contributed by atoms with E-state index in [1.165, 1.54) is 12.1 Å². The first-order chi connectivity index (χ1) is 12.0. The van der Waals surface area contributed by atoms with E-state index in [4.69, 9.17) is 0 Å². The minimum atomic E-state index is -3.85. The average molecular weight is 355 g/mol. The van der Waals surface area contributed by atoms with E-state index in [9.17, 15) is 12.8 Å². The molecule has 0 aromatic heterocycles. The summed E-state index contributed by atoms with van der Waals surface area (Å²) >= 11 is 0. The van der Waals surface area contributed by atoms with E-state index >= 15 is 0 Å². The lowest BCUT2D eigenvalue weighted by atomic mass is 10.3. The normalized spacial score (nSPS) is 11.6. The third-order valence-electron chi connectivity index (χ3n) is 3.30. The van der Waals surface area contributed by atoms with E-state index in [-0.39, 0.29) is 10.6 Å². The van der Waals surface area contributed by atoms with Crippen LogP contribution in [0, 0.1) is 5.82 Å². The molecule has 7 heteroatoms. The molecule has 0 aliphatic heterocycles. The third kappa shape index (κ3) is 4.27. The first kappa shape index (κ1) is 16.8. The molecule has 3 aromatic rings. The molecular weight excluding hydrogens is 341 g/mol. The zero-order valence-corrected chi connectivity index (χ0v) is 13.8. The molecule has 1 N–H and O–H groups in total. The van der Waals surface area contributed by atoms with E-state index in [0.29, 0.717) is 11.4 Å². The van der Waals surface area contributed by atoms with Crippen molar-refractivity contribution in [1.29, 1.82) is 0 Å². The maximum atomic E-state index is 13.0. The Balaban J connectivity index is 1.88. The number of rotatable bonds is 5. The van der Waals surface area contributed by atoms with Crippen molar-refractivity contribution in [2.45, 2.75) is 4.90 Å². The zero-order chi connectivity index (χ0) is 17.7. The van der Waals surface area contributed by atoms with Gasteiger partial charge in [-0.05, 0) is 48.5 Å². The van der Waals surface area contributed by atoms with E-state index in [2.05, 4.69) is 15.0 Å². The molecule has 126 valence electrons. The van der Waals surface area contributed by atoms with Crippen LogP contribution in [0.4, 0.5) is 21.5 Å². The smallest absolute Gasteiger partial charge is 0.261 e.